The van der Waals surface area contributed by atoms with Gasteiger partial charge in [-0.3, -0.25) is 0 Å². The molecule has 0 radical (unpaired) electrons. The van der Waals surface area contributed by atoms with Crippen molar-refractivity contribution in [1.82, 2.24) is 9.62 Å². The van der Waals surface area contributed by atoms with Gasteiger partial charge >= 0.3 is 6.09 Å². The highest BCUT2D eigenvalue weighted by molar-refractivity contribution is 7.97. The molecule has 2 aromatic carbocycles. The van der Waals surface area contributed by atoms with Crippen molar-refractivity contribution >= 4 is 23.7 Å². The van der Waals surface area contributed by atoms with E-state index in [0.717, 1.165) is 38.0 Å². The number of amides is 1. The van der Waals surface area contributed by atoms with Crippen LogP contribution in [0.1, 0.15) is 32.3 Å². The van der Waals surface area contributed by atoms with Crippen molar-refractivity contribution < 1.29 is 20.0 Å². The fourth-order valence-electron chi connectivity index (χ4n) is 3.66. The Kier molecular flexibility index (Phi) is 9.87. The van der Waals surface area contributed by atoms with E-state index in [2.05, 4.69) is 53.5 Å². The fraction of sp³-hybridized carbons (Fsp3) is 0.480. The van der Waals surface area contributed by atoms with Crippen molar-refractivity contribution in [2.45, 2.75) is 50.2 Å². The Morgan fingerprint density at radius 1 is 1.22 bits per heavy atom. The van der Waals surface area contributed by atoms with Crippen LogP contribution in [0.4, 0.5) is 10.5 Å². The Morgan fingerprint density at radius 3 is 2.62 bits per heavy atom. The van der Waals surface area contributed by atoms with Gasteiger partial charge in [-0.25, -0.2) is 9.10 Å². The van der Waals surface area contributed by atoms with E-state index in [9.17, 15) is 4.79 Å². The highest BCUT2D eigenvalue weighted by Gasteiger charge is 2.22. The Balaban J connectivity index is 1.61. The monoisotopic (exact) mass is 458 g/mol. The minimum atomic E-state index is -0.351. The lowest BCUT2D eigenvalue weighted by atomic mass is 10.0. The minimum Gasteiger partial charge on any atom is -0.444 e. The van der Waals surface area contributed by atoms with Crippen LogP contribution in [0.15, 0.2) is 59.5 Å². The van der Waals surface area contributed by atoms with E-state index in [-0.39, 0.29) is 18.2 Å². The summed E-state index contributed by atoms with van der Waals surface area (Å²) >= 11 is 1.76. The fourth-order valence-corrected chi connectivity index (χ4v) is 4.79. The van der Waals surface area contributed by atoms with Crippen LogP contribution in [0.3, 0.4) is 0 Å². The molecule has 6 nitrogen and oxygen atoms in total. The summed E-state index contributed by atoms with van der Waals surface area (Å²) in [6.45, 7) is 7.43. The number of hydrogen-bond donors (Lipinski definition) is 2. The van der Waals surface area contributed by atoms with Crippen LogP contribution >= 0.6 is 11.9 Å². The molecule has 2 atom stereocenters. The van der Waals surface area contributed by atoms with Crippen LogP contribution in [0.5, 0.6) is 0 Å². The quantitative estimate of drug-likeness (QED) is 0.497. The maximum Gasteiger partial charge on any atom is 0.407 e. The number of rotatable bonds is 11. The van der Waals surface area contributed by atoms with Gasteiger partial charge in [-0.1, -0.05) is 44.2 Å². The lowest BCUT2D eigenvalue weighted by molar-refractivity contribution is -0.254. The molecule has 1 aliphatic rings. The molecule has 0 bridgehead atoms. The molecule has 32 heavy (non-hydrogen) atoms. The second-order valence-corrected chi connectivity index (χ2v) is 9.90. The number of quaternary nitrogens is 1. The predicted molar refractivity (Wildman–Crippen MR) is 129 cm³/mol. The van der Waals surface area contributed by atoms with Gasteiger partial charge in [-0.2, -0.15) is 0 Å². The van der Waals surface area contributed by atoms with Gasteiger partial charge in [0.1, 0.15) is 11.8 Å². The van der Waals surface area contributed by atoms with Gasteiger partial charge in [0, 0.05) is 42.6 Å². The molecule has 1 heterocycles. The molecule has 1 amide bonds. The lowest BCUT2D eigenvalue weighted by Gasteiger charge is -2.26. The molecule has 0 aromatic heterocycles. The summed E-state index contributed by atoms with van der Waals surface area (Å²) in [5.41, 5.74) is 6.19. The minimum absolute atomic E-state index is 0.00954. The zero-order valence-electron chi connectivity index (χ0n) is 19.2. The van der Waals surface area contributed by atoms with Gasteiger partial charge in [0.15, 0.2) is 0 Å². The Bertz CT molecular complexity index is 811. The van der Waals surface area contributed by atoms with Crippen LogP contribution in [0.2, 0.25) is 0 Å². The number of benzene rings is 2. The first kappa shape index (κ1) is 24.6. The van der Waals surface area contributed by atoms with E-state index in [1.54, 1.807) is 11.9 Å². The average Bonchev–Trinajstić information content (AvgIpc) is 3.26. The predicted octanol–water partition coefficient (Wildman–Crippen LogP) is 4.04. The van der Waals surface area contributed by atoms with Gasteiger partial charge in [0.25, 0.3) is 0 Å². The summed E-state index contributed by atoms with van der Waals surface area (Å²) in [5, 5.41) is 3.11. The summed E-state index contributed by atoms with van der Waals surface area (Å²) in [6, 6.07) is 18.6. The zero-order chi connectivity index (χ0) is 22.8. The maximum atomic E-state index is 12.5. The number of hydrogen-bond acceptors (Lipinski definition) is 5. The number of alkyl carbamates (subject to hydrolysis) is 1. The highest BCUT2D eigenvalue weighted by Crippen LogP contribution is 2.25. The normalized spacial score (nSPS) is 17.0. The largest absolute Gasteiger partial charge is 0.444 e. The van der Waals surface area contributed by atoms with Gasteiger partial charge in [-0.05, 0) is 48.4 Å². The molecule has 0 aliphatic carbocycles. The molecule has 1 aliphatic heterocycles. The Morgan fingerprint density at radius 2 is 1.97 bits per heavy atom. The highest BCUT2D eigenvalue weighted by atomic mass is 32.2. The Labute approximate surface area is 196 Å². The van der Waals surface area contributed by atoms with Crippen molar-refractivity contribution in [2.24, 2.45) is 5.92 Å². The van der Waals surface area contributed by atoms with Crippen molar-refractivity contribution in [3.63, 3.8) is 0 Å². The molecule has 1 saturated heterocycles. The second-order valence-electron chi connectivity index (χ2n) is 8.73. The first-order valence-electron chi connectivity index (χ1n) is 11.4. The maximum absolute atomic E-state index is 12.5. The van der Waals surface area contributed by atoms with Gasteiger partial charge in [0.05, 0.1) is 13.2 Å². The molecule has 0 unspecified atom stereocenters. The summed E-state index contributed by atoms with van der Waals surface area (Å²) < 4.78 is 13.3. The van der Waals surface area contributed by atoms with Gasteiger partial charge in [0.2, 0.25) is 0 Å². The van der Waals surface area contributed by atoms with Crippen molar-refractivity contribution in [3.8, 4) is 0 Å². The molecular formula is C25H36N3O3S+. The summed E-state index contributed by atoms with van der Waals surface area (Å²) in [4.78, 5) is 13.7. The van der Waals surface area contributed by atoms with E-state index in [1.165, 1.54) is 10.5 Å². The van der Waals surface area contributed by atoms with E-state index < -0.39 is 0 Å². The van der Waals surface area contributed by atoms with Crippen LogP contribution in [0, 0.1) is 5.92 Å². The van der Waals surface area contributed by atoms with Crippen molar-refractivity contribution in [2.75, 3.05) is 26.3 Å². The van der Waals surface area contributed by atoms with E-state index >= 15 is 0 Å². The second kappa shape index (κ2) is 12.8. The number of carbonyl (C=O) groups is 1. The SMILES string of the molecule is CC(C)CN(CC[C@H](Cc1ccccc1)NC(=O)O[C@H]1CCOC1)Sc1ccc([NH3+])cc1. The van der Waals surface area contributed by atoms with Crippen LogP contribution in [-0.2, 0) is 15.9 Å². The number of nitrogens with one attached hydrogen (secondary N) is 1. The topological polar surface area (TPSA) is 78.4 Å². The average molecular weight is 459 g/mol. The zero-order valence-corrected chi connectivity index (χ0v) is 20.0. The van der Waals surface area contributed by atoms with E-state index in [1.807, 2.05) is 30.3 Å². The molecule has 3 rings (SSSR count). The third-order valence-corrected chi connectivity index (χ3v) is 6.33. The lowest BCUT2D eigenvalue weighted by Crippen LogP contribution is -2.40. The van der Waals surface area contributed by atoms with E-state index in [4.69, 9.17) is 9.47 Å². The van der Waals surface area contributed by atoms with Crippen molar-refractivity contribution in [1.29, 1.82) is 0 Å². The molecule has 0 spiro atoms. The van der Waals surface area contributed by atoms with E-state index in [0.29, 0.717) is 19.1 Å². The summed E-state index contributed by atoms with van der Waals surface area (Å²) in [7, 11) is 0. The molecule has 7 heteroatoms. The summed E-state index contributed by atoms with van der Waals surface area (Å²) in [5.74, 6) is 0.544. The molecule has 2 aromatic rings. The molecule has 1 fully saturated rings. The smallest absolute Gasteiger partial charge is 0.407 e. The van der Waals surface area contributed by atoms with Crippen LogP contribution in [0.25, 0.3) is 0 Å². The number of carbonyl (C=O) groups excluding carboxylic acids is 1. The number of nitrogens with zero attached hydrogens (tertiary/aromatic N) is 1. The van der Waals surface area contributed by atoms with Crippen LogP contribution < -0.4 is 11.1 Å². The standard InChI is InChI=1S/C25H35N3O3S/c1-19(2)17-28(32-24-10-8-21(26)9-11-24)14-12-22(16-20-6-4-3-5-7-20)27-25(29)31-23-13-15-30-18-23/h3-11,19,22-23H,12-18,26H2,1-2H3,(H,27,29)/p+1/t22-,23+/m1/s1. The van der Waals surface area contributed by atoms with Crippen LogP contribution in [-0.4, -0.2) is 48.8 Å². The molecule has 4 N–H and O–H groups in total. The Hall–Kier alpha value is -2.06. The van der Waals surface area contributed by atoms with Gasteiger partial charge < -0.3 is 20.5 Å². The molecule has 0 saturated carbocycles. The third-order valence-electron chi connectivity index (χ3n) is 5.26. The molecular weight excluding hydrogens is 422 g/mol. The first-order chi connectivity index (χ1) is 15.5. The summed E-state index contributed by atoms with van der Waals surface area (Å²) in [6.07, 6.45) is 1.87. The third kappa shape index (κ3) is 8.82. The molecule has 174 valence electrons. The van der Waals surface area contributed by atoms with Gasteiger partial charge in [-0.15, -0.1) is 0 Å². The first-order valence-corrected chi connectivity index (χ1v) is 12.2. The van der Waals surface area contributed by atoms with Crippen molar-refractivity contribution in [3.05, 3.63) is 60.2 Å². The number of ether oxygens (including phenoxy) is 2.